The molecule has 1 spiro atoms. The fraction of sp³-hybridized carbons (Fsp3) is 0.400. The van der Waals surface area contributed by atoms with Gasteiger partial charge in [-0.25, -0.2) is 9.79 Å². The molecule has 0 saturated carbocycles. The number of methoxy groups -OCH3 is 2. The number of benzene rings is 2. The molecule has 0 bridgehead atoms. The van der Waals surface area contributed by atoms with E-state index in [4.69, 9.17) is 30.5 Å². The van der Waals surface area contributed by atoms with E-state index in [-0.39, 0.29) is 46.4 Å². The molecule has 2 aromatic carbocycles. The van der Waals surface area contributed by atoms with Gasteiger partial charge in [-0.2, -0.15) is 0 Å². The second-order valence-corrected chi connectivity index (χ2v) is 10.4. The Labute approximate surface area is 231 Å². The van der Waals surface area contributed by atoms with Crippen molar-refractivity contribution in [3.05, 3.63) is 63.8 Å². The number of carbonyl (C=O) groups excluding carboxylic acids is 3. The normalized spacial score (nSPS) is 23.7. The van der Waals surface area contributed by atoms with E-state index < -0.39 is 35.0 Å². The van der Waals surface area contributed by atoms with Crippen molar-refractivity contribution in [2.45, 2.75) is 51.0 Å². The topological polar surface area (TPSA) is 100 Å². The van der Waals surface area contributed by atoms with Gasteiger partial charge in [0, 0.05) is 35.6 Å². The van der Waals surface area contributed by atoms with Gasteiger partial charge in [0.2, 0.25) is 17.2 Å². The molecule has 3 atom stereocenters. The molecule has 0 amide bonds. The maximum atomic E-state index is 14.5. The molecule has 5 rings (SSSR count). The van der Waals surface area contributed by atoms with Crippen LogP contribution in [0.4, 0.5) is 0 Å². The Balaban J connectivity index is 1.63. The molecule has 8 nitrogen and oxygen atoms in total. The predicted molar refractivity (Wildman–Crippen MR) is 145 cm³/mol. The molecule has 0 aromatic heterocycles. The highest BCUT2D eigenvalue weighted by atomic mass is 35.5. The molecule has 3 aliphatic rings. The molecule has 2 aromatic rings. The van der Waals surface area contributed by atoms with Crippen LogP contribution in [0, 0.1) is 5.92 Å². The number of ether oxygens (including phenoxy) is 4. The summed E-state index contributed by atoms with van der Waals surface area (Å²) in [5.74, 6) is -2.04. The summed E-state index contributed by atoms with van der Waals surface area (Å²) in [6, 6.07) is 10.9. The molecule has 2 aliphatic heterocycles. The van der Waals surface area contributed by atoms with Crippen LogP contribution in [-0.4, -0.2) is 49.7 Å². The summed E-state index contributed by atoms with van der Waals surface area (Å²) in [6.45, 7) is 4.09. The van der Waals surface area contributed by atoms with Crippen LogP contribution < -0.4 is 14.2 Å². The van der Waals surface area contributed by atoms with Crippen LogP contribution in [0.5, 0.6) is 17.2 Å². The lowest BCUT2D eigenvalue weighted by Gasteiger charge is -2.40. The first-order chi connectivity index (χ1) is 18.8. The Kier molecular flexibility index (Phi) is 7.25. The van der Waals surface area contributed by atoms with E-state index in [0.29, 0.717) is 17.9 Å². The van der Waals surface area contributed by atoms with E-state index in [9.17, 15) is 14.4 Å². The quantitative estimate of drug-likeness (QED) is 0.254. The van der Waals surface area contributed by atoms with Crippen LogP contribution in [0.25, 0.3) is 0 Å². The highest BCUT2D eigenvalue weighted by molar-refractivity contribution is 6.38. The number of carbonyl (C=O) groups is 3. The van der Waals surface area contributed by atoms with Crippen molar-refractivity contribution < 1.29 is 33.3 Å². The minimum Gasteiger partial charge on any atom is -0.496 e. The van der Waals surface area contributed by atoms with E-state index in [1.54, 1.807) is 6.92 Å². The average Bonchev–Trinajstić information content (AvgIpc) is 3.26. The molecular formula is C30H30ClNO7. The van der Waals surface area contributed by atoms with Crippen molar-refractivity contribution in [2.75, 3.05) is 20.8 Å². The smallest absolute Gasteiger partial charge is 0.352 e. The minimum absolute atomic E-state index is 0.0675. The van der Waals surface area contributed by atoms with E-state index in [1.165, 1.54) is 20.3 Å². The molecule has 0 saturated heterocycles. The summed E-state index contributed by atoms with van der Waals surface area (Å²) in [6.07, 6.45) is 2.06. The molecular weight excluding hydrogens is 522 g/mol. The van der Waals surface area contributed by atoms with Gasteiger partial charge >= 0.3 is 5.97 Å². The first-order valence-electron chi connectivity index (χ1n) is 13.0. The number of rotatable bonds is 7. The Morgan fingerprint density at radius 3 is 2.49 bits per heavy atom. The first kappa shape index (κ1) is 26.9. The molecule has 39 heavy (non-hydrogen) atoms. The van der Waals surface area contributed by atoms with E-state index in [2.05, 4.69) is 4.99 Å². The number of esters is 1. The van der Waals surface area contributed by atoms with E-state index in [1.807, 2.05) is 37.3 Å². The van der Waals surface area contributed by atoms with Gasteiger partial charge < -0.3 is 18.9 Å². The van der Waals surface area contributed by atoms with Crippen molar-refractivity contribution in [3.63, 3.8) is 0 Å². The Hall–Kier alpha value is -3.65. The number of halogens is 1. The van der Waals surface area contributed by atoms with Crippen molar-refractivity contribution in [1.82, 2.24) is 0 Å². The molecule has 9 heteroatoms. The Bertz CT molecular complexity index is 1410. The zero-order chi connectivity index (χ0) is 27.9. The number of allylic oxidation sites excluding steroid dienone is 1. The lowest BCUT2D eigenvalue weighted by Crippen LogP contribution is -2.57. The molecule has 1 unspecified atom stereocenters. The maximum Gasteiger partial charge on any atom is 0.352 e. The summed E-state index contributed by atoms with van der Waals surface area (Å²) in [5.41, 5.74) is 0.217. The average molecular weight is 552 g/mol. The van der Waals surface area contributed by atoms with Crippen LogP contribution in [0.3, 0.4) is 0 Å². The van der Waals surface area contributed by atoms with Gasteiger partial charge in [-0.3, -0.25) is 9.59 Å². The Morgan fingerprint density at radius 2 is 1.82 bits per heavy atom. The number of hydrogen-bond acceptors (Lipinski definition) is 8. The van der Waals surface area contributed by atoms with Crippen molar-refractivity contribution in [3.8, 4) is 17.2 Å². The number of fused-ring (bicyclic) bond motifs is 1. The van der Waals surface area contributed by atoms with E-state index in [0.717, 1.165) is 18.4 Å². The molecule has 0 fully saturated rings. The van der Waals surface area contributed by atoms with Crippen molar-refractivity contribution in [1.29, 1.82) is 0 Å². The van der Waals surface area contributed by atoms with Crippen LogP contribution in [0.2, 0.25) is 5.02 Å². The number of ketones is 2. The third-order valence-electron chi connectivity index (χ3n) is 7.69. The summed E-state index contributed by atoms with van der Waals surface area (Å²) in [7, 11) is 2.87. The summed E-state index contributed by atoms with van der Waals surface area (Å²) >= 11 is 6.56. The number of hydrogen-bond donors (Lipinski definition) is 0. The van der Waals surface area contributed by atoms with Crippen LogP contribution >= 0.6 is 11.6 Å². The third-order valence-corrected chi connectivity index (χ3v) is 8.05. The van der Waals surface area contributed by atoms with Crippen LogP contribution in [0.15, 0.2) is 52.7 Å². The summed E-state index contributed by atoms with van der Waals surface area (Å²) in [4.78, 5) is 46.2. The monoisotopic (exact) mass is 551 g/mol. The third kappa shape index (κ3) is 4.22. The summed E-state index contributed by atoms with van der Waals surface area (Å²) in [5, 5.41) is 0.0942. The lowest BCUT2D eigenvalue weighted by molar-refractivity contribution is -0.136. The second kappa shape index (κ2) is 10.5. The molecule has 0 radical (unpaired) electrons. The molecule has 204 valence electrons. The van der Waals surface area contributed by atoms with Gasteiger partial charge in [-0.05, 0) is 18.4 Å². The van der Waals surface area contributed by atoms with Gasteiger partial charge in [0.25, 0.3) is 0 Å². The number of unbranched alkanes of at least 4 members (excludes halogenated alkanes) is 1. The van der Waals surface area contributed by atoms with Crippen molar-refractivity contribution >= 4 is 34.8 Å². The van der Waals surface area contributed by atoms with Crippen LogP contribution in [0.1, 0.15) is 61.4 Å². The highest BCUT2D eigenvalue weighted by Gasteiger charge is 2.63. The minimum atomic E-state index is -1.84. The highest BCUT2D eigenvalue weighted by Crippen LogP contribution is 2.55. The Morgan fingerprint density at radius 1 is 1.10 bits per heavy atom. The number of Topliss-reactive ketones (excluding diaryl/α,β-unsaturated/α-hetero) is 2. The van der Waals surface area contributed by atoms with Gasteiger partial charge in [-0.1, -0.05) is 62.2 Å². The lowest BCUT2D eigenvalue weighted by atomic mass is 9.66. The standard InChI is InChI=1S/C30H30ClNO7/c1-5-6-12-38-29(35)20-14-18(17-10-8-7-9-11-17)23-19(32-20)13-16(2)30(27(23)33)28(34)24-21(36-3)15-22(37-4)25(31)26(24)39-30/h7-11,15-16,18H,5-6,12-14H2,1-4H3/t16-,18?,30+/m1/s1. The van der Waals surface area contributed by atoms with E-state index >= 15 is 0 Å². The molecule has 1 aliphatic carbocycles. The zero-order valence-corrected chi connectivity index (χ0v) is 23.1. The predicted octanol–water partition coefficient (Wildman–Crippen LogP) is 5.51. The van der Waals surface area contributed by atoms with Gasteiger partial charge in [0.15, 0.2) is 5.75 Å². The molecule has 0 N–H and O–H groups in total. The largest absolute Gasteiger partial charge is 0.496 e. The fourth-order valence-electron chi connectivity index (χ4n) is 5.63. The number of aliphatic imine (C=N–C) groups is 1. The fourth-order valence-corrected chi connectivity index (χ4v) is 5.90. The SMILES string of the molecule is CCCCOC(=O)C1=NC2=C(C(=O)[C@@]3(Oc4c(Cl)c(OC)cc(OC)c4C3=O)[C@H](C)C2)C(c2ccccc2)C1. The van der Waals surface area contributed by atoms with Crippen molar-refractivity contribution in [2.24, 2.45) is 10.9 Å². The van der Waals surface area contributed by atoms with Gasteiger partial charge in [0.05, 0.1) is 20.8 Å². The second-order valence-electron chi connectivity index (χ2n) is 9.98. The van der Waals surface area contributed by atoms with Crippen LogP contribution in [-0.2, 0) is 14.3 Å². The number of nitrogens with zero attached hydrogens (tertiary/aromatic N) is 1. The van der Waals surface area contributed by atoms with Gasteiger partial charge in [-0.15, -0.1) is 0 Å². The zero-order valence-electron chi connectivity index (χ0n) is 22.3. The van der Waals surface area contributed by atoms with Gasteiger partial charge in [0.1, 0.15) is 27.8 Å². The first-order valence-corrected chi connectivity index (χ1v) is 13.4. The maximum absolute atomic E-state index is 14.5. The molecule has 2 heterocycles. The summed E-state index contributed by atoms with van der Waals surface area (Å²) < 4.78 is 22.6.